The number of carbonyl (C=O) groups is 2. The van der Waals surface area contributed by atoms with Crippen LogP contribution in [0.1, 0.15) is 46.5 Å². The average molecular weight is 286 g/mol. The van der Waals surface area contributed by atoms with Gasteiger partial charge in [0.05, 0.1) is 7.11 Å². The first-order chi connectivity index (χ1) is 9.23. The molecule has 20 heavy (non-hydrogen) atoms. The van der Waals surface area contributed by atoms with Gasteiger partial charge >= 0.3 is 12.1 Å². The molecule has 1 rings (SSSR count). The molecule has 0 bridgehead atoms. The Morgan fingerprint density at radius 3 is 2.20 bits per heavy atom. The second kappa shape index (κ2) is 6.92. The van der Waals surface area contributed by atoms with Crippen LogP contribution in [0.2, 0.25) is 0 Å². The highest BCUT2D eigenvalue weighted by Crippen LogP contribution is 2.26. The molecule has 1 saturated carbocycles. The third-order valence-corrected chi connectivity index (χ3v) is 3.42. The Labute approximate surface area is 120 Å². The van der Waals surface area contributed by atoms with Crippen molar-refractivity contribution < 1.29 is 19.1 Å². The molecule has 1 aliphatic rings. The molecule has 6 nitrogen and oxygen atoms in total. The van der Waals surface area contributed by atoms with E-state index in [1.807, 2.05) is 0 Å². The topological polar surface area (TPSA) is 90.6 Å². The van der Waals surface area contributed by atoms with E-state index in [1.165, 1.54) is 7.11 Å². The maximum absolute atomic E-state index is 11.9. The summed E-state index contributed by atoms with van der Waals surface area (Å²) in [7, 11) is 1.32. The maximum Gasteiger partial charge on any atom is 0.408 e. The van der Waals surface area contributed by atoms with E-state index in [4.69, 9.17) is 15.2 Å². The molecule has 116 valence electrons. The van der Waals surface area contributed by atoms with Crippen LogP contribution in [-0.4, -0.2) is 36.9 Å². The molecule has 0 spiro atoms. The molecule has 1 atom stereocenters. The van der Waals surface area contributed by atoms with Gasteiger partial charge in [0.2, 0.25) is 0 Å². The lowest BCUT2D eigenvalue weighted by molar-refractivity contribution is -0.145. The summed E-state index contributed by atoms with van der Waals surface area (Å²) in [6.45, 7) is 5.33. The van der Waals surface area contributed by atoms with E-state index in [0.29, 0.717) is 0 Å². The van der Waals surface area contributed by atoms with Crippen molar-refractivity contribution in [3.63, 3.8) is 0 Å². The first-order valence-corrected chi connectivity index (χ1v) is 7.06. The zero-order valence-electron chi connectivity index (χ0n) is 12.8. The van der Waals surface area contributed by atoms with Gasteiger partial charge in [-0.2, -0.15) is 0 Å². The minimum Gasteiger partial charge on any atom is -0.467 e. The van der Waals surface area contributed by atoms with Gasteiger partial charge in [-0.3, -0.25) is 0 Å². The first kappa shape index (κ1) is 16.8. The molecule has 0 aromatic rings. The second-order valence-electron chi connectivity index (χ2n) is 6.32. The van der Waals surface area contributed by atoms with Crippen LogP contribution in [-0.2, 0) is 14.3 Å². The molecule has 0 aromatic heterocycles. The number of methoxy groups -OCH3 is 1. The number of ether oxygens (including phenoxy) is 2. The number of rotatable bonds is 3. The number of amides is 1. The van der Waals surface area contributed by atoms with E-state index in [2.05, 4.69) is 5.32 Å². The Hall–Kier alpha value is -1.30. The normalized spacial score (nSPS) is 24.6. The summed E-state index contributed by atoms with van der Waals surface area (Å²) in [5.41, 5.74) is 5.26. The van der Waals surface area contributed by atoms with E-state index in [1.54, 1.807) is 20.8 Å². The lowest BCUT2D eigenvalue weighted by Crippen LogP contribution is -2.49. The molecule has 3 N–H and O–H groups in total. The van der Waals surface area contributed by atoms with Gasteiger partial charge in [-0.15, -0.1) is 0 Å². The standard InChI is InChI=1S/C14H26N2O4/c1-14(2,3)20-13(18)16-11(12(17)19-4)9-5-7-10(15)8-6-9/h9-11H,5-8,15H2,1-4H3,(H,16,18)/t9?,10?,11-/m0/s1. The summed E-state index contributed by atoms with van der Waals surface area (Å²) < 4.78 is 9.98. The molecule has 0 aromatic carbocycles. The van der Waals surface area contributed by atoms with Crippen LogP contribution in [0.15, 0.2) is 0 Å². The lowest BCUT2D eigenvalue weighted by Gasteiger charge is -2.32. The largest absolute Gasteiger partial charge is 0.467 e. The summed E-state index contributed by atoms with van der Waals surface area (Å²) >= 11 is 0. The monoisotopic (exact) mass is 286 g/mol. The second-order valence-corrected chi connectivity index (χ2v) is 6.32. The van der Waals surface area contributed by atoms with Crippen LogP contribution in [0.5, 0.6) is 0 Å². The van der Waals surface area contributed by atoms with Crippen molar-refractivity contribution in [2.75, 3.05) is 7.11 Å². The Morgan fingerprint density at radius 2 is 1.75 bits per heavy atom. The van der Waals surface area contributed by atoms with E-state index in [-0.39, 0.29) is 12.0 Å². The molecular weight excluding hydrogens is 260 g/mol. The molecule has 1 aliphatic carbocycles. The van der Waals surface area contributed by atoms with Crippen molar-refractivity contribution in [3.8, 4) is 0 Å². The van der Waals surface area contributed by atoms with Crippen molar-refractivity contribution in [2.45, 2.75) is 64.1 Å². The molecular formula is C14H26N2O4. The Balaban J connectivity index is 2.65. The van der Waals surface area contributed by atoms with Gasteiger partial charge in [0.25, 0.3) is 0 Å². The van der Waals surface area contributed by atoms with E-state index < -0.39 is 23.7 Å². The number of alkyl carbamates (subject to hydrolysis) is 1. The van der Waals surface area contributed by atoms with Crippen molar-refractivity contribution in [1.82, 2.24) is 5.32 Å². The van der Waals surface area contributed by atoms with Crippen LogP contribution < -0.4 is 11.1 Å². The number of esters is 1. The van der Waals surface area contributed by atoms with Crippen LogP contribution in [0.4, 0.5) is 4.79 Å². The number of hydrogen-bond donors (Lipinski definition) is 2. The number of nitrogens with two attached hydrogens (primary N) is 1. The molecule has 1 amide bonds. The molecule has 0 unspecified atom stereocenters. The van der Waals surface area contributed by atoms with Gasteiger partial charge in [0.15, 0.2) is 0 Å². The Bertz CT molecular complexity index is 344. The summed E-state index contributed by atoms with van der Waals surface area (Å²) in [6.07, 6.45) is 2.72. The highest BCUT2D eigenvalue weighted by Gasteiger charge is 2.34. The van der Waals surface area contributed by atoms with Crippen molar-refractivity contribution >= 4 is 12.1 Å². The van der Waals surface area contributed by atoms with E-state index >= 15 is 0 Å². The molecule has 0 radical (unpaired) electrons. The van der Waals surface area contributed by atoms with Crippen molar-refractivity contribution in [3.05, 3.63) is 0 Å². The number of hydrogen-bond acceptors (Lipinski definition) is 5. The Kier molecular flexibility index (Phi) is 5.80. The third-order valence-electron chi connectivity index (χ3n) is 3.42. The van der Waals surface area contributed by atoms with Crippen molar-refractivity contribution in [2.24, 2.45) is 11.7 Å². The maximum atomic E-state index is 11.9. The van der Waals surface area contributed by atoms with Gasteiger partial charge in [0.1, 0.15) is 11.6 Å². The van der Waals surface area contributed by atoms with E-state index in [0.717, 1.165) is 25.7 Å². The van der Waals surface area contributed by atoms with Gasteiger partial charge in [-0.1, -0.05) is 0 Å². The first-order valence-electron chi connectivity index (χ1n) is 7.06. The van der Waals surface area contributed by atoms with Crippen LogP contribution in [0, 0.1) is 5.92 Å². The fourth-order valence-electron chi connectivity index (χ4n) is 2.41. The fourth-order valence-corrected chi connectivity index (χ4v) is 2.41. The zero-order chi connectivity index (χ0) is 15.3. The average Bonchev–Trinajstić information content (AvgIpc) is 2.34. The summed E-state index contributed by atoms with van der Waals surface area (Å²) in [6, 6.07) is -0.478. The SMILES string of the molecule is COC(=O)[C@@H](NC(=O)OC(C)(C)C)C1CCC(N)CC1. The predicted octanol–water partition coefficient (Wildman–Crippen LogP) is 1.57. The minimum atomic E-state index is -0.664. The Morgan fingerprint density at radius 1 is 1.20 bits per heavy atom. The fraction of sp³-hybridized carbons (Fsp3) is 0.857. The molecule has 1 fully saturated rings. The minimum absolute atomic E-state index is 0.0507. The highest BCUT2D eigenvalue weighted by atomic mass is 16.6. The van der Waals surface area contributed by atoms with E-state index in [9.17, 15) is 9.59 Å². The van der Waals surface area contributed by atoms with Crippen LogP contribution >= 0.6 is 0 Å². The molecule has 0 aliphatic heterocycles. The molecule has 0 heterocycles. The smallest absolute Gasteiger partial charge is 0.408 e. The quantitative estimate of drug-likeness (QED) is 0.768. The van der Waals surface area contributed by atoms with Crippen LogP contribution in [0.25, 0.3) is 0 Å². The highest BCUT2D eigenvalue weighted by molar-refractivity contribution is 5.81. The van der Waals surface area contributed by atoms with Gasteiger partial charge in [0, 0.05) is 6.04 Å². The number of carbonyl (C=O) groups excluding carboxylic acids is 2. The molecule has 6 heteroatoms. The molecule has 0 saturated heterocycles. The van der Waals surface area contributed by atoms with Crippen LogP contribution in [0.3, 0.4) is 0 Å². The summed E-state index contributed by atoms with van der Waals surface area (Å²) in [4.78, 5) is 23.7. The zero-order valence-corrected chi connectivity index (χ0v) is 12.8. The number of nitrogens with one attached hydrogen (secondary N) is 1. The predicted molar refractivity (Wildman–Crippen MR) is 75.1 cm³/mol. The van der Waals surface area contributed by atoms with Crippen molar-refractivity contribution in [1.29, 1.82) is 0 Å². The summed E-state index contributed by atoms with van der Waals surface area (Å²) in [5.74, 6) is -0.383. The lowest BCUT2D eigenvalue weighted by atomic mass is 9.82. The van der Waals surface area contributed by atoms with Gasteiger partial charge in [-0.05, 0) is 52.4 Å². The third kappa shape index (κ3) is 5.36. The van der Waals surface area contributed by atoms with Gasteiger partial charge < -0.3 is 20.5 Å². The summed E-state index contributed by atoms with van der Waals surface area (Å²) in [5, 5.41) is 2.63. The van der Waals surface area contributed by atoms with Gasteiger partial charge in [-0.25, -0.2) is 9.59 Å².